The molecule has 0 aliphatic rings. The van der Waals surface area contributed by atoms with Crippen LogP contribution in [-0.4, -0.2) is 55.2 Å². The number of aryl methyl sites for hydroxylation is 1. The Morgan fingerprint density at radius 2 is 1.39 bits per heavy atom. The van der Waals surface area contributed by atoms with E-state index in [1.807, 2.05) is 50.2 Å². The van der Waals surface area contributed by atoms with E-state index in [1.54, 1.807) is 42.0 Å². The predicted molar refractivity (Wildman–Crippen MR) is 219 cm³/mol. The number of H-pyrrole nitrogens is 1. The van der Waals surface area contributed by atoms with Crippen LogP contribution in [0.3, 0.4) is 0 Å². The first-order chi connectivity index (χ1) is 26.9. The molecule has 2 aromatic heterocycles. The highest BCUT2D eigenvalue weighted by atomic mass is 32.2. The molecular weight excluding hydrogens is 757 g/mol. The molecule has 0 saturated heterocycles. The van der Waals surface area contributed by atoms with Crippen LogP contribution in [0.2, 0.25) is 0 Å². The number of benzene rings is 3. The van der Waals surface area contributed by atoms with Crippen LogP contribution in [0.25, 0.3) is 5.65 Å². The van der Waals surface area contributed by atoms with Gasteiger partial charge in [-0.2, -0.15) is 13.1 Å². The average molecular weight is 811 g/mol. The van der Waals surface area contributed by atoms with Crippen molar-refractivity contribution in [2.45, 2.75) is 91.5 Å². The van der Waals surface area contributed by atoms with Crippen molar-refractivity contribution in [3.8, 4) is 34.5 Å². The highest BCUT2D eigenvalue weighted by molar-refractivity contribution is 7.82. The lowest BCUT2D eigenvalue weighted by Gasteiger charge is -2.17. The minimum absolute atomic E-state index is 0.120. The number of ether oxygens (including phenoxy) is 4. The van der Waals surface area contributed by atoms with Gasteiger partial charge in [-0.25, -0.2) is 4.52 Å². The van der Waals surface area contributed by atoms with Crippen molar-refractivity contribution in [3.63, 3.8) is 0 Å². The Morgan fingerprint density at radius 1 is 0.750 bits per heavy atom. The van der Waals surface area contributed by atoms with E-state index in [9.17, 15) is 8.42 Å². The fourth-order valence-electron chi connectivity index (χ4n) is 5.57. The number of hydrogen-bond acceptors (Lipinski definition) is 10. The summed E-state index contributed by atoms with van der Waals surface area (Å²) in [7, 11) is 1.61. The molecule has 2 heterocycles. The molecule has 0 bridgehead atoms. The number of nitrogens with one attached hydrogen (secondary N) is 3. The van der Waals surface area contributed by atoms with Gasteiger partial charge >= 0.3 is 11.3 Å². The summed E-state index contributed by atoms with van der Waals surface area (Å²) in [6, 6.07) is 19.0. The molecule has 0 spiro atoms. The number of aromatic nitrogens is 4. The number of anilines is 1. The van der Waals surface area contributed by atoms with Crippen LogP contribution in [0.5, 0.6) is 34.5 Å². The van der Waals surface area contributed by atoms with Gasteiger partial charge in [-0.3, -0.25) is 9.82 Å². The molecule has 0 aliphatic carbocycles. The highest BCUT2D eigenvalue weighted by Crippen LogP contribution is 2.33. The first-order valence-corrected chi connectivity index (χ1v) is 21.0. The van der Waals surface area contributed by atoms with E-state index in [0.29, 0.717) is 41.0 Å². The molecule has 3 aromatic carbocycles. The topological polar surface area (TPSA) is 160 Å². The second-order valence-corrected chi connectivity index (χ2v) is 16.1. The quantitative estimate of drug-likeness (QED) is 0.0549. The molecule has 14 nitrogen and oxygen atoms in total. The SMILES string of the molecule is CCCCCCCCOc1ccc(NS(=O)Oc2cc(C)ccc2OCCOc2ccc(OC)cc2)cc1OS(=O)NC(C)c1nnc2cc(C(C)(C)C)[nH]n12. The second-order valence-electron chi connectivity index (χ2n) is 14.3. The Kier molecular flexibility index (Phi) is 15.4. The van der Waals surface area contributed by atoms with Gasteiger partial charge in [0.2, 0.25) is 0 Å². The molecule has 0 aliphatic heterocycles. The third-order valence-electron chi connectivity index (χ3n) is 8.69. The van der Waals surface area contributed by atoms with Gasteiger partial charge in [-0.05, 0) is 74.4 Å². The number of hydrogen-bond donors (Lipinski definition) is 3. The minimum atomic E-state index is -2.05. The van der Waals surface area contributed by atoms with Crippen LogP contribution in [0, 0.1) is 6.92 Å². The smallest absolute Gasteiger partial charge is 0.316 e. The normalized spacial score (nSPS) is 13.2. The Balaban J connectivity index is 1.23. The summed E-state index contributed by atoms with van der Waals surface area (Å²) in [5.74, 6) is 3.24. The van der Waals surface area contributed by atoms with Crippen LogP contribution in [0.4, 0.5) is 5.69 Å². The maximum Gasteiger partial charge on any atom is 0.316 e. The number of fused-ring (bicyclic) bond motifs is 1. The molecule has 0 saturated carbocycles. The summed E-state index contributed by atoms with van der Waals surface area (Å²) < 4.78 is 69.0. The zero-order chi connectivity index (χ0) is 40.1. The van der Waals surface area contributed by atoms with Crippen molar-refractivity contribution in [1.82, 2.24) is 24.5 Å². The number of nitrogens with zero attached hydrogens (tertiary/aromatic N) is 3. The highest BCUT2D eigenvalue weighted by Gasteiger charge is 2.23. The first kappa shape index (κ1) is 42.3. The third kappa shape index (κ3) is 12.4. The zero-order valence-electron chi connectivity index (χ0n) is 33.2. The Hall–Kier alpha value is -4.80. The minimum Gasteiger partial charge on any atom is -0.497 e. The molecule has 0 radical (unpaired) electrons. The van der Waals surface area contributed by atoms with Gasteiger partial charge in [0, 0.05) is 23.2 Å². The van der Waals surface area contributed by atoms with Crippen molar-refractivity contribution in [3.05, 3.63) is 83.8 Å². The monoisotopic (exact) mass is 810 g/mol. The lowest BCUT2D eigenvalue weighted by molar-refractivity contribution is 0.214. The summed E-state index contributed by atoms with van der Waals surface area (Å²) in [4.78, 5) is 0. The molecule has 0 amide bonds. The van der Waals surface area contributed by atoms with Crippen LogP contribution in [0.1, 0.15) is 96.3 Å². The number of unbranched alkanes of at least 4 members (excludes halogenated alkanes) is 5. The second kappa shape index (κ2) is 20.4. The average Bonchev–Trinajstić information content (AvgIpc) is 3.77. The largest absolute Gasteiger partial charge is 0.497 e. The molecule has 3 unspecified atom stereocenters. The molecule has 16 heteroatoms. The Labute approximate surface area is 334 Å². The van der Waals surface area contributed by atoms with Gasteiger partial charge in [0.15, 0.2) is 34.5 Å². The summed E-state index contributed by atoms with van der Waals surface area (Å²) in [6.45, 7) is 13.2. The van der Waals surface area contributed by atoms with Crippen molar-refractivity contribution >= 4 is 33.9 Å². The molecule has 0 fully saturated rings. The summed E-state index contributed by atoms with van der Waals surface area (Å²) in [5, 5.41) is 11.9. The standard InChI is InChI=1S/C40H54N6O8S2/c1-8-9-10-11-12-13-22-51-34-21-15-30(26-36(34)54-55(47)44-29(3)39-42-41-38-27-37(40(4,5)6)43-46(38)39)45-56(48)53-35-25-28(2)14-20-33(35)52-24-23-50-32-18-16-31(49-7)17-19-32/h14-21,25-27,29,43-45H,8-13,22-24H2,1-7H3. The predicted octanol–water partition coefficient (Wildman–Crippen LogP) is 8.25. The van der Waals surface area contributed by atoms with E-state index in [0.717, 1.165) is 36.3 Å². The lowest BCUT2D eigenvalue weighted by Crippen LogP contribution is -2.27. The van der Waals surface area contributed by atoms with Gasteiger partial charge in [0.25, 0.3) is 11.3 Å². The summed E-state index contributed by atoms with van der Waals surface area (Å²) in [6.07, 6.45) is 6.64. The Morgan fingerprint density at radius 3 is 2.12 bits per heavy atom. The van der Waals surface area contributed by atoms with Crippen molar-refractivity contribution in [2.24, 2.45) is 0 Å². The van der Waals surface area contributed by atoms with Gasteiger partial charge in [-0.1, -0.05) is 65.9 Å². The van der Waals surface area contributed by atoms with Gasteiger partial charge < -0.3 is 27.3 Å². The Bertz CT molecular complexity index is 2050. The molecular formula is C40H54N6O8S2. The number of methoxy groups -OCH3 is 1. The maximum atomic E-state index is 13.4. The van der Waals surface area contributed by atoms with Crippen molar-refractivity contribution in [1.29, 1.82) is 0 Å². The molecule has 304 valence electrons. The van der Waals surface area contributed by atoms with Crippen LogP contribution in [-0.2, 0) is 27.9 Å². The summed E-state index contributed by atoms with van der Waals surface area (Å²) >= 11 is -4.08. The zero-order valence-corrected chi connectivity index (χ0v) is 34.8. The molecule has 3 atom stereocenters. The van der Waals surface area contributed by atoms with Crippen LogP contribution in [0.15, 0.2) is 66.7 Å². The van der Waals surface area contributed by atoms with E-state index in [4.69, 9.17) is 27.3 Å². The number of aromatic amines is 1. The fourth-order valence-corrected chi connectivity index (χ4v) is 6.96. The van der Waals surface area contributed by atoms with Gasteiger partial charge in [0.05, 0.1) is 25.4 Å². The van der Waals surface area contributed by atoms with E-state index < -0.39 is 28.6 Å². The van der Waals surface area contributed by atoms with E-state index in [2.05, 4.69) is 52.4 Å². The molecule has 5 aromatic rings. The molecule has 3 N–H and O–H groups in total. The van der Waals surface area contributed by atoms with E-state index >= 15 is 0 Å². The maximum absolute atomic E-state index is 13.4. The third-order valence-corrected chi connectivity index (χ3v) is 10.3. The molecule has 5 rings (SSSR count). The fraction of sp³-hybridized carbons (Fsp3) is 0.450. The molecule has 56 heavy (non-hydrogen) atoms. The van der Waals surface area contributed by atoms with Gasteiger partial charge in [0.1, 0.15) is 24.7 Å². The van der Waals surface area contributed by atoms with E-state index in [1.165, 1.54) is 19.3 Å². The lowest BCUT2D eigenvalue weighted by atomic mass is 9.93. The van der Waals surface area contributed by atoms with Crippen molar-refractivity contribution < 1.29 is 35.7 Å². The van der Waals surface area contributed by atoms with Crippen LogP contribution < -0.4 is 36.8 Å². The van der Waals surface area contributed by atoms with E-state index in [-0.39, 0.29) is 30.1 Å². The number of rotatable bonds is 23. The van der Waals surface area contributed by atoms with Crippen LogP contribution >= 0.6 is 0 Å². The van der Waals surface area contributed by atoms with Gasteiger partial charge in [-0.15, -0.1) is 10.2 Å². The van der Waals surface area contributed by atoms with Crippen molar-refractivity contribution in [2.75, 3.05) is 31.7 Å². The summed E-state index contributed by atoms with van der Waals surface area (Å²) in [5.41, 5.74) is 2.81. The first-order valence-electron chi connectivity index (χ1n) is 18.9.